The van der Waals surface area contributed by atoms with Crippen LogP contribution >= 0.6 is 0 Å². The van der Waals surface area contributed by atoms with Gasteiger partial charge in [0, 0.05) is 19.3 Å². The summed E-state index contributed by atoms with van der Waals surface area (Å²) >= 11 is 0. The Morgan fingerprint density at radius 1 is 1.17 bits per heavy atom. The number of benzene rings is 1. The van der Waals surface area contributed by atoms with Crippen LogP contribution in [0.15, 0.2) is 42.5 Å². The highest BCUT2D eigenvalue weighted by atomic mass is 16.5. The Hall–Kier alpha value is -1.38. The summed E-state index contributed by atoms with van der Waals surface area (Å²) in [5.74, 6) is 0.845. The second kappa shape index (κ2) is 8.47. The maximum absolute atomic E-state index is 5.43. The molecule has 1 unspecified atom stereocenters. The zero-order valence-electron chi connectivity index (χ0n) is 14.3. The van der Waals surface area contributed by atoms with Crippen LogP contribution in [-0.4, -0.2) is 19.8 Å². The fourth-order valence-electron chi connectivity index (χ4n) is 3.49. The van der Waals surface area contributed by atoms with Gasteiger partial charge in [0.1, 0.15) is 0 Å². The molecule has 124 valence electrons. The molecule has 1 aromatic rings. The van der Waals surface area contributed by atoms with E-state index < -0.39 is 0 Å². The first-order valence-corrected chi connectivity index (χ1v) is 9.10. The molecule has 0 bridgehead atoms. The molecule has 1 N–H and O–H groups in total. The second-order valence-electron chi connectivity index (χ2n) is 6.80. The molecule has 2 nitrogen and oxygen atoms in total. The lowest BCUT2D eigenvalue weighted by Gasteiger charge is -2.23. The molecule has 2 heteroatoms. The van der Waals surface area contributed by atoms with E-state index in [9.17, 15) is 0 Å². The molecule has 3 rings (SSSR count). The fraction of sp³-hybridized carbons (Fsp3) is 0.524. The van der Waals surface area contributed by atoms with Crippen LogP contribution in [0.4, 0.5) is 0 Å². The maximum atomic E-state index is 5.43. The maximum Gasteiger partial charge on any atom is 0.0468 e. The highest BCUT2D eigenvalue weighted by Crippen LogP contribution is 2.25. The molecule has 0 amide bonds. The van der Waals surface area contributed by atoms with Crippen molar-refractivity contribution in [3.63, 3.8) is 0 Å². The van der Waals surface area contributed by atoms with Crippen molar-refractivity contribution in [2.24, 2.45) is 5.92 Å². The minimum absolute atomic E-state index is 0.420. The summed E-state index contributed by atoms with van der Waals surface area (Å²) < 4.78 is 5.43. The molecule has 1 atom stereocenters. The summed E-state index contributed by atoms with van der Waals surface area (Å²) in [4.78, 5) is 0. The molecule has 1 aliphatic carbocycles. The van der Waals surface area contributed by atoms with Gasteiger partial charge in [-0.15, -0.1) is 0 Å². The topological polar surface area (TPSA) is 21.3 Å². The van der Waals surface area contributed by atoms with Crippen molar-refractivity contribution < 1.29 is 4.74 Å². The van der Waals surface area contributed by atoms with Crippen LogP contribution in [0.1, 0.15) is 56.2 Å². The van der Waals surface area contributed by atoms with Crippen LogP contribution in [0.5, 0.6) is 0 Å². The van der Waals surface area contributed by atoms with E-state index in [4.69, 9.17) is 4.74 Å². The first-order chi connectivity index (χ1) is 11.3. The summed E-state index contributed by atoms with van der Waals surface area (Å²) in [6, 6.07) is 9.53. The lowest BCUT2D eigenvalue weighted by atomic mass is 9.95. The largest absolute Gasteiger partial charge is 0.381 e. The Labute approximate surface area is 140 Å². The van der Waals surface area contributed by atoms with Gasteiger partial charge in [0.15, 0.2) is 0 Å². The van der Waals surface area contributed by atoms with E-state index in [1.54, 1.807) is 0 Å². The molecule has 1 aromatic carbocycles. The van der Waals surface area contributed by atoms with E-state index in [1.807, 2.05) is 0 Å². The van der Waals surface area contributed by atoms with Gasteiger partial charge in [-0.25, -0.2) is 0 Å². The van der Waals surface area contributed by atoms with E-state index >= 15 is 0 Å². The van der Waals surface area contributed by atoms with E-state index in [1.165, 1.54) is 36.0 Å². The molecular weight excluding hydrogens is 282 g/mol. The van der Waals surface area contributed by atoms with Crippen molar-refractivity contribution in [3.05, 3.63) is 53.6 Å². The number of hydrogen-bond acceptors (Lipinski definition) is 2. The van der Waals surface area contributed by atoms with Gasteiger partial charge in [-0.3, -0.25) is 0 Å². The number of rotatable bonds is 6. The first-order valence-electron chi connectivity index (χ1n) is 9.10. The van der Waals surface area contributed by atoms with E-state index in [-0.39, 0.29) is 0 Å². The van der Waals surface area contributed by atoms with Gasteiger partial charge in [0.2, 0.25) is 0 Å². The van der Waals surface area contributed by atoms with E-state index in [0.717, 1.165) is 38.5 Å². The SMILES string of the molecule is CC(NCCC1CCOCC1)c1ccc(C2=CC=CCC2)cc1. The average Bonchev–Trinajstić information content (AvgIpc) is 2.63. The average molecular weight is 311 g/mol. The lowest BCUT2D eigenvalue weighted by Crippen LogP contribution is -2.24. The Bertz CT molecular complexity index is 537. The third kappa shape index (κ3) is 4.79. The summed E-state index contributed by atoms with van der Waals surface area (Å²) in [5, 5.41) is 3.68. The molecule has 0 saturated carbocycles. The van der Waals surface area contributed by atoms with Crippen LogP contribution in [0.3, 0.4) is 0 Å². The van der Waals surface area contributed by atoms with Crippen LogP contribution in [0.2, 0.25) is 0 Å². The highest BCUT2D eigenvalue weighted by Gasteiger charge is 2.14. The first kappa shape index (κ1) is 16.5. The van der Waals surface area contributed by atoms with Crippen LogP contribution in [-0.2, 0) is 4.74 Å². The third-order valence-electron chi connectivity index (χ3n) is 5.14. The Morgan fingerprint density at radius 3 is 2.65 bits per heavy atom. The summed E-state index contributed by atoms with van der Waals surface area (Å²) in [6.45, 7) is 5.27. The molecule has 0 radical (unpaired) electrons. The van der Waals surface area contributed by atoms with E-state index in [0.29, 0.717) is 6.04 Å². The van der Waals surface area contributed by atoms with Gasteiger partial charge < -0.3 is 10.1 Å². The van der Waals surface area contributed by atoms with Crippen molar-refractivity contribution in [1.29, 1.82) is 0 Å². The Kier molecular flexibility index (Phi) is 6.06. The zero-order valence-corrected chi connectivity index (χ0v) is 14.3. The number of hydrogen-bond donors (Lipinski definition) is 1. The lowest BCUT2D eigenvalue weighted by molar-refractivity contribution is 0.0638. The Morgan fingerprint density at radius 2 is 1.96 bits per heavy atom. The van der Waals surface area contributed by atoms with Crippen molar-refractivity contribution in [2.45, 2.75) is 45.1 Å². The standard InChI is InChI=1S/C21H29NO/c1-17(22-14-11-18-12-15-23-16-13-18)19-7-9-21(10-8-19)20-5-3-2-4-6-20/h2-3,5,7-10,17-18,22H,4,6,11-16H2,1H3. The van der Waals surface area contributed by atoms with Crippen molar-refractivity contribution in [2.75, 3.05) is 19.8 Å². The molecular formula is C21H29NO. The third-order valence-corrected chi connectivity index (χ3v) is 5.14. The summed E-state index contributed by atoms with van der Waals surface area (Å²) in [6.07, 6.45) is 12.7. The van der Waals surface area contributed by atoms with Gasteiger partial charge in [-0.05, 0) is 68.2 Å². The monoisotopic (exact) mass is 311 g/mol. The summed E-state index contributed by atoms with van der Waals surface area (Å²) in [5.41, 5.74) is 4.21. The number of nitrogens with one attached hydrogen (secondary N) is 1. The zero-order chi connectivity index (χ0) is 15.9. The Balaban J connectivity index is 1.48. The minimum atomic E-state index is 0.420. The predicted octanol–water partition coefficient (Wildman–Crippen LogP) is 4.89. The smallest absolute Gasteiger partial charge is 0.0468 e. The molecule has 0 spiro atoms. The van der Waals surface area contributed by atoms with Crippen molar-refractivity contribution in [1.82, 2.24) is 5.32 Å². The molecule has 2 aliphatic rings. The predicted molar refractivity (Wildman–Crippen MR) is 97.4 cm³/mol. The normalized spacial score (nSPS) is 20.3. The quantitative estimate of drug-likeness (QED) is 0.808. The summed E-state index contributed by atoms with van der Waals surface area (Å²) in [7, 11) is 0. The fourth-order valence-corrected chi connectivity index (χ4v) is 3.49. The molecule has 1 fully saturated rings. The number of ether oxygens (including phenoxy) is 1. The van der Waals surface area contributed by atoms with Crippen LogP contribution in [0.25, 0.3) is 5.57 Å². The second-order valence-corrected chi connectivity index (χ2v) is 6.80. The molecule has 0 aromatic heterocycles. The van der Waals surface area contributed by atoms with Crippen LogP contribution < -0.4 is 5.32 Å². The number of allylic oxidation sites excluding steroid dienone is 4. The molecule has 1 saturated heterocycles. The van der Waals surface area contributed by atoms with Gasteiger partial charge in [-0.1, -0.05) is 42.5 Å². The van der Waals surface area contributed by atoms with Crippen LogP contribution in [0, 0.1) is 5.92 Å². The van der Waals surface area contributed by atoms with Gasteiger partial charge in [-0.2, -0.15) is 0 Å². The van der Waals surface area contributed by atoms with Gasteiger partial charge in [0.25, 0.3) is 0 Å². The van der Waals surface area contributed by atoms with Gasteiger partial charge in [0.05, 0.1) is 0 Å². The van der Waals surface area contributed by atoms with Crippen molar-refractivity contribution in [3.8, 4) is 0 Å². The minimum Gasteiger partial charge on any atom is -0.381 e. The molecule has 23 heavy (non-hydrogen) atoms. The van der Waals surface area contributed by atoms with Gasteiger partial charge >= 0.3 is 0 Å². The van der Waals surface area contributed by atoms with E-state index in [2.05, 4.69) is 54.7 Å². The highest BCUT2D eigenvalue weighted by molar-refractivity contribution is 5.68. The molecule has 1 heterocycles. The molecule has 1 aliphatic heterocycles. The van der Waals surface area contributed by atoms with Crippen molar-refractivity contribution >= 4 is 5.57 Å².